The molecule has 1 unspecified atom stereocenters. The lowest BCUT2D eigenvalue weighted by Gasteiger charge is -2.05. The van der Waals surface area contributed by atoms with E-state index >= 15 is 0 Å². The summed E-state index contributed by atoms with van der Waals surface area (Å²) >= 11 is 0. The molecule has 2 rings (SSSR count). The van der Waals surface area contributed by atoms with Crippen LogP contribution in [0, 0.1) is 5.92 Å². The SMILES string of the molecule is C=C(C)c1[nH]c2cc(OCCC(N)=O)ccc2c1/C=C\C(C)CC. The number of nitrogens with two attached hydrogens (primary N) is 1. The van der Waals surface area contributed by atoms with Gasteiger partial charge in [0.05, 0.1) is 18.5 Å². The van der Waals surface area contributed by atoms with Crippen LogP contribution in [0.2, 0.25) is 0 Å². The molecular weight excluding hydrogens is 300 g/mol. The summed E-state index contributed by atoms with van der Waals surface area (Å²) in [6.45, 7) is 10.7. The molecular formula is C20H26N2O2. The van der Waals surface area contributed by atoms with Gasteiger partial charge in [0.25, 0.3) is 0 Å². The highest BCUT2D eigenvalue weighted by atomic mass is 16.5. The number of benzene rings is 1. The molecule has 1 aromatic heterocycles. The monoisotopic (exact) mass is 326 g/mol. The van der Waals surface area contributed by atoms with Crippen LogP contribution in [0.15, 0.2) is 30.9 Å². The van der Waals surface area contributed by atoms with Crippen LogP contribution in [0.1, 0.15) is 44.9 Å². The minimum absolute atomic E-state index is 0.211. The molecule has 0 aliphatic rings. The van der Waals surface area contributed by atoms with Crippen molar-refractivity contribution in [2.75, 3.05) is 6.61 Å². The fraction of sp³-hybridized carbons (Fsp3) is 0.350. The summed E-state index contributed by atoms with van der Waals surface area (Å²) in [5, 5.41) is 1.13. The Morgan fingerprint density at radius 3 is 2.83 bits per heavy atom. The quantitative estimate of drug-likeness (QED) is 0.749. The Balaban J connectivity index is 2.35. The Bertz CT molecular complexity index is 771. The summed E-state index contributed by atoms with van der Waals surface area (Å²) in [7, 11) is 0. The van der Waals surface area contributed by atoms with E-state index < -0.39 is 0 Å². The Hall–Kier alpha value is -2.49. The van der Waals surface area contributed by atoms with Crippen molar-refractivity contribution < 1.29 is 9.53 Å². The maximum Gasteiger partial charge on any atom is 0.220 e. The third kappa shape index (κ3) is 4.28. The van der Waals surface area contributed by atoms with Crippen molar-refractivity contribution in [3.63, 3.8) is 0 Å². The zero-order valence-electron chi connectivity index (χ0n) is 14.7. The summed E-state index contributed by atoms with van der Waals surface area (Å²) < 4.78 is 5.59. The lowest BCUT2D eigenvalue weighted by atomic mass is 10.0. The molecule has 1 atom stereocenters. The van der Waals surface area contributed by atoms with Crippen LogP contribution < -0.4 is 10.5 Å². The number of H-pyrrole nitrogens is 1. The molecule has 3 N–H and O–H groups in total. The van der Waals surface area contributed by atoms with E-state index in [0.717, 1.165) is 39.9 Å². The minimum atomic E-state index is -0.363. The summed E-state index contributed by atoms with van der Waals surface area (Å²) in [6, 6.07) is 5.90. The summed E-state index contributed by atoms with van der Waals surface area (Å²) in [5.41, 5.74) is 9.31. The first kappa shape index (κ1) is 17.9. The third-order valence-electron chi connectivity index (χ3n) is 4.09. The molecule has 1 aromatic carbocycles. The highest BCUT2D eigenvalue weighted by molar-refractivity contribution is 5.95. The highest BCUT2D eigenvalue weighted by Gasteiger charge is 2.11. The van der Waals surface area contributed by atoms with Crippen molar-refractivity contribution >= 4 is 28.5 Å². The molecule has 1 amide bonds. The molecule has 0 fully saturated rings. The van der Waals surface area contributed by atoms with Gasteiger partial charge >= 0.3 is 0 Å². The van der Waals surface area contributed by atoms with Gasteiger partial charge in [0.15, 0.2) is 0 Å². The zero-order valence-corrected chi connectivity index (χ0v) is 14.7. The van der Waals surface area contributed by atoms with Gasteiger partial charge < -0.3 is 15.5 Å². The average Bonchev–Trinajstić information content (AvgIpc) is 2.90. The van der Waals surface area contributed by atoms with Crippen LogP contribution in [-0.4, -0.2) is 17.5 Å². The lowest BCUT2D eigenvalue weighted by molar-refractivity contribution is -0.118. The van der Waals surface area contributed by atoms with Crippen LogP contribution in [0.5, 0.6) is 5.75 Å². The molecule has 4 heteroatoms. The number of amides is 1. The molecule has 2 aromatic rings. The van der Waals surface area contributed by atoms with Crippen molar-refractivity contribution in [1.82, 2.24) is 4.98 Å². The standard InChI is InChI=1S/C20H26N2O2/c1-5-14(4)6-8-17-16-9-7-15(24-11-10-19(21)23)12-18(16)22-20(17)13(2)3/h6-9,12,14,22H,2,5,10-11H2,1,3-4H3,(H2,21,23)/b8-6-. The Morgan fingerprint density at radius 1 is 1.46 bits per heavy atom. The van der Waals surface area contributed by atoms with Crippen molar-refractivity contribution in [1.29, 1.82) is 0 Å². The van der Waals surface area contributed by atoms with Gasteiger partial charge in [-0.15, -0.1) is 0 Å². The lowest BCUT2D eigenvalue weighted by Crippen LogP contribution is -2.14. The van der Waals surface area contributed by atoms with Gasteiger partial charge in [-0.3, -0.25) is 4.79 Å². The van der Waals surface area contributed by atoms with Crippen molar-refractivity contribution in [3.8, 4) is 5.75 Å². The van der Waals surface area contributed by atoms with Gasteiger partial charge in [0.1, 0.15) is 5.75 Å². The van der Waals surface area contributed by atoms with Crippen LogP contribution in [0.25, 0.3) is 22.6 Å². The van der Waals surface area contributed by atoms with E-state index in [2.05, 4.69) is 37.6 Å². The predicted molar refractivity (Wildman–Crippen MR) is 101 cm³/mol. The number of hydrogen-bond donors (Lipinski definition) is 2. The predicted octanol–water partition coefficient (Wildman–Crippen LogP) is 4.51. The molecule has 0 aliphatic heterocycles. The van der Waals surface area contributed by atoms with Crippen molar-refractivity contribution in [3.05, 3.63) is 42.1 Å². The number of carbonyl (C=O) groups excluding carboxylic acids is 1. The van der Waals surface area contributed by atoms with Crippen LogP contribution >= 0.6 is 0 Å². The molecule has 0 spiro atoms. The fourth-order valence-electron chi connectivity index (χ4n) is 2.46. The second-order valence-electron chi connectivity index (χ2n) is 6.21. The maximum absolute atomic E-state index is 10.8. The van der Waals surface area contributed by atoms with E-state index in [4.69, 9.17) is 10.5 Å². The van der Waals surface area contributed by atoms with Gasteiger partial charge in [-0.2, -0.15) is 0 Å². The Kier molecular flexibility index (Phi) is 5.85. The summed E-state index contributed by atoms with van der Waals surface area (Å²) in [6.07, 6.45) is 5.72. The van der Waals surface area contributed by atoms with Crippen LogP contribution in [-0.2, 0) is 4.79 Å². The van der Waals surface area contributed by atoms with E-state index in [1.54, 1.807) is 0 Å². The largest absolute Gasteiger partial charge is 0.493 e. The summed E-state index contributed by atoms with van der Waals surface area (Å²) in [5.74, 6) is 0.887. The number of ether oxygens (including phenoxy) is 1. The second kappa shape index (κ2) is 7.86. The second-order valence-corrected chi connectivity index (χ2v) is 6.21. The zero-order chi connectivity index (χ0) is 17.7. The highest BCUT2D eigenvalue weighted by Crippen LogP contribution is 2.31. The number of nitrogens with one attached hydrogen (secondary N) is 1. The van der Waals surface area contributed by atoms with Gasteiger partial charge in [-0.05, 0) is 30.5 Å². The van der Waals surface area contributed by atoms with E-state index in [-0.39, 0.29) is 18.9 Å². The molecule has 0 saturated heterocycles. The molecule has 1 heterocycles. The first-order chi connectivity index (χ1) is 11.4. The number of allylic oxidation sites excluding steroid dienone is 2. The first-order valence-corrected chi connectivity index (χ1v) is 8.33. The molecule has 0 radical (unpaired) electrons. The summed E-state index contributed by atoms with van der Waals surface area (Å²) in [4.78, 5) is 14.2. The maximum atomic E-state index is 10.8. The Labute approximate surface area is 143 Å². The topological polar surface area (TPSA) is 68.1 Å². The van der Waals surface area contributed by atoms with Gasteiger partial charge in [-0.25, -0.2) is 0 Å². The average molecular weight is 326 g/mol. The third-order valence-corrected chi connectivity index (χ3v) is 4.09. The van der Waals surface area contributed by atoms with E-state index in [1.807, 2.05) is 25.1 Å². The molecule has 0 saturated carbocycles. The number of carbonyl (C=O) groups is 1. The molecule has 0 bridgehead atoms. The fourth-order valence-corrected chi connectivity index (χ4v) is 2.46. The van der Waals surface area contributed by atoms with Crippen LogP contribution in [0.3, 0.4) is 0 Å². The number of rotatable bonds is 8. The van der Waals surface area contributed by atoms with Crippen molar-refractivity contribution in [2.24, 2.45) is 11.7 Å². The number of primary amides is 1. The minimum Gasteiger partial charge on any atom is -0.493 e. The molecule has 24 heavy (non-hydrogen) atoms. The Morgan fingerprint density at radius 2 is 2.21 bits per heavy atom. The first-order valence-electron chi connectivity index (χ1n) is 8.33. The van der Waals surface area contributed by atoms with Crippen molar-refractivity contribution in [2.45, 2.75) is 33.6 Å². The smallest absolute Gasteiger partial charge is 0.220 e. The molecule has 4 nitrogen and oxygen atoms in total. The number of fused-ring (bicyclic) bond motifs is 1. The van der Waals surface area contributed by atoms with E-state index in [9.17, 15) is 4.79 Å². The van der Waals surface area contributed by atoms with Gasteiger partial charge in [-0.1, -0.05) is 39.0 Å². The normalized spacial score (nSPS) is 12.6. The van der Waals surface area contributed by atoms with E-state index in [1.165, 1.54) is 0 Å². The number of aromatic nitrogens is 1. The van der Waals surface area contributed by atoms with Crippen LogP contribution in [0.4, 0.5) is 0 Å². The van der Waals surface area contributed by atoms with Gasteiger partial charge in [0.2, 0.25) is 5.91 Å². The van der Waals surface area contributed by atoms with Gasteiger partial charge in [0, 0.05) is 22.7 Å². The number of hydrogen-bond acceptors (Lipinski definition) is 2. The van der Waals surface area contributed by atoms with E-state index in [0.29, 0.717) is 5.92 Å². The number of aromatic amines is 1. The molecule has 0 aliphatic carbocycles. The molecule has 128 valence electrons.